The Morgan fingerprint density at radius 3 is 2.78 bits per heavy atom. The first kappa shape index (κ1) is 13.4. The Labute approximate surface area is 108 Å². The molecule has 1 saturated heterocycles. The third kappa shape index (κ3) is 2.14. The van der Waals surface area contributed by atoms with Crippen LogP contribution in [-0.2, 0) is 4.74 Å². The van der Waals surface area contributed by atoms with Crippen molar-refractivity contribution in [3.63, 3.8) is 0 Å². The maximum Gasteiger partial charge on any atom is 0.330 e. The fraction of sp³-hybridized carbons (Fsp3) is 0.556. The highest BCUT2D eigenvalue weighted by molar-refractivity contribution is 9.10. The normalized spacial score (nSPS) is 31.8. The van der Waals surface area contributed by atoms with Crippen LogP contribution < -0.4 is 11.2 Å². The SMILES string of the molecule is O=c1[nH]c(=O)n([C@@H]2O[C@H](CO)[C@H](O)[C@@H]2F)cc1Br. The van der Waals surface area contributed by atoms with E-state index in [0.29, 0.717) is 0 Å². The van der Waals surface area contributed by atoms with Crippen molar-refractivity contribution in [2.24, 2.45) is 0 Å². The monoisotopic (exact) mass is 324 g/mol. The number of aliphatic hydroxyl groups is 2. The van der Waals surface area contributed by atoms with Crippen molar-refractivity contribution in [1.82, 2.24) is 9.55 Å². The van der Waals surface area contributed by atoms with Crippen molar-refractivity contribution in [3.05, 3.63) is 31.5 Å². The number of H-pyrrole nitrogens is 1. The molecule has 1 aromatic rings. The van der Waals surface area contributed by atoms with Crippen LogP contribution in [0.2, 0.25) is 0 Å². The molecule has 100 valence electrons. The van der Waals surface area contributed by atoms with E-state index in [2.05, 4.69) is 15.9 Å². The molecule has 2 rings (SSSR count). The summed E-state index contributed by atoms with van der Waals surface area (Å²) in [6.45, 7) is -0.572. The summed E-state index contributed by atoms with van der Waals surface area (Å²) in [5, 5.41) is 18.3. The van der Waals surface area contributed by atoms with Gasteiger partial charge in [0.1, 0.15) is 12.2 Å². The number of aromatic nitrogens is 2. The molecule has 1 aliphatic rings. The minimum Gasteiger partial charge on any atom is -0.394 e. The molecule has 0 aliphatic carbocycles. The van der Waals surface area contributed by atoms with E-state index in [1.807, 2.05) is 4.98 Å². The summed E-state index contributed by atoms with van der Waals surface area (Å²) in [4.78, 5) is 24.6. The molecule has 1 aliphatic heterocycles. The van der Waals surface area contributed by atoms with Crippen LogP contribution in [0, 0.1) is 0 Å². The second kappa shape index (κ2) is 4.92. The molecule has 0 unspecified atom stereocenters. The van der Waals surface area contributed by atoms with Gasteiger partial charge in [0.25, 0.3) is 5.56 Å². The standard InChI is InChI=1S/C9H10BrFN2O5/c10-3-1-13(9(17)12-7(3)16)8-5(11)6(15)4(2-14)18-8/h1,4-6,8,14-15H,2H2,(H,12,16,17)/t4-,5+,6+,8-/m1/s1. The van der Waals surface area contributed by atoms with E-state index in [0.717, 1.165) is 10.8 Å². The molecular formula is C9H10BrFN2O5. The van der Waals surface area contributed by atoms with Crippen molar-refractivity contribution in [1.29, 1.82) is 0 Å². The number of aromatic amines is 1. The van der Waals surface area contributed by atoms with Gasteiger partial charge in [0.05, 0.1) is 11.1 Å². The number of aliphatic hydroxyl groups excluding tert-OH is 2. The molecule has 0 aromatic carbocycles. The minimum absolute atomic E-state index is 0.0276. The van der Waals surface area contributed by atoms with Crippen LogP contribution >= 0.6 is 15.9 Å². The number of alkyl halides is 1. The molecule has 7 nitrogen and oxygen atoms in total. The van der Waals surface area contributed by atoms with Gasteiger partial charge in [-0.25, -0.2) is 9.18 Å². The van der Waals surface area contributed by atoms with Crippen LogP contribution in [0.4, 0.5) is 4.39 Å². The van der Waals surface area contributed by atoms with E-state index in [-0.39, 0.29) is 4.47 Å². The van der Waals surface area contributed by atoms with Crippen LogP contribution in [0.5, 0.6) is 0 Å². The summed E-state index contributed by atoms with van der Waals surface area (Å²) >= 11 is 2.90. The summed E-state index contributed by atoms with van der Waals surface area (Å²) in [5.74, 6) is 0. The zero-order valence-electron chi connectivity index (χ0n) is 8.92. The predicted molar refractivity (Wildman–Crippen MR) is 60.9 cm³/mol. The molecule has 0 radical (unpaired) electrons. The molecule has 18 heavy (non-hydrogen) atoms. The number of hydrogen-bond acceptors (Lipinski definition) is 5. The fourth-order valence-corrected chi connectivity index (χ4v) is 2.05. The van der Waals surface area contributed by atoms with E-state index in [9.17, 15) is 19.1 Å². The van der Waals surface area contributed by atoms with Gasteiger partial charge in [0.15, 0.2) is 12.4 Å². The lowest BCUT2D eigenvalue weighted by molar-refractivity contribution is -0.0492. The molecule has 0 spiro atoms. The van der Waals surface area contributed by atoms with Crippen LogP contribution in [0.1, 0.15) is 6.23 Å². The molecule has 2 heterocycles. The summed E-state index contributed by atoms with van der Waals surface area (Å²) < 4.78 is 19.6. The molecule has 0 bridgehead atoms. The fourth-order valence-electron chi connectivity index (χ4n) is 1.73. The third-order valence-corrected chi connectivity index (χ3v) is 3.24. The van der Waals surface area contributed by atoms with Gasteiger partial charge in [0, 0.05) is 6.20 Å². The Morgan fingerprint density at radius 2 is 2.22 bits per heavy atom. The Balaban J connectivity index is 2.42. The van der Waals surface area contributed by atoms with Crippen molar-refractivity contribution in [3.8, 4) is 0 Å². The Kier molecular flexibility index (Phi) is 3.66. The number of ether oxygens (including phenoxy) is 1. The van der Waals surface area contributed by atoms with Gasteiger partial charge in [-0.3, -0.25) is 14.3 Å². The molecule has 4 atom stereocenters. The lowest BCUT2D eigenvalue weighted by Gasteiger charge is -2.15. The van der Waals surface area contributed by atoms with E-state index >= 15 is 0 Å². The first-order chi connectivity index (χ1) is 8.45. The third-order valence-electron chi connectivity index (χ3n) is 2.67. The highest BCUT2D eigenvalue weighted by atomic mass is 79.9. The van der Waals surface area contributed by atoms with Gasteiger partial charge in [-0.2, -0.15) is 0 Å². The van der Waals surface area contributed by atoms with Crippen molar-refractivity contribution < 1.29 is 19.3 Å². The number of halogens is 2. The molecule has 1 aromatic heterocycles. The average molecular weight is 325 g/mol. The Bertz CT molecular complexity index is 559. The van der Waals surface area contributed by atoms with Crippen LogP contribution in [0.15, 0.2) is 20.3 Å². The molecule has 0 saturated carbocycles. The number of nitrogens with zero attached hydrogens (tertiary/aromatic N) is 1. The maximum atomic E-state index is 13.8. The number of rotatable bonds is 2. The van der Waals surface area contributed by atoms with Crippen LogP contribution in [-0.4, -0.2) is 44.8 Å². The van der Waals surface area contributed by atoms with E-state index < -0.39 is 42.5 Å². The van der Waals surface area contributed by atoms with Crippen molar-refractivity contribution in [2.45, 2.75) is 24.6 Å². The molecular weight excluding hydrogens is 315 g/mol. The van der Waals surface area contributed by atoms with Crippen molar-refractivity contribution in [2.75, 3.05) is 6.61 Å². The molecule has 3 N–H and O–H groups in total. The second-order valence-corrected chi connectivity index (χ2v) is 4.68. The van der Waals surface area contributed by atoms with E-state index in [1.165, 1.54) is 0 Å². The van der Waals surface area contributed by atoms with Gasteiger partial charge < -0.3 is 14.9 Å². The Hall–Kier alpha value is -1.03. The maximum absolute atomic E-state index is 13.8. The summed E-state index contributed by atoms with van der Waals surface area (Å²) in [7, 11) is 0. The van der Waals surface area contributed by atoms with Gasteiger partial charge in [-0.05, 0) is 15.9 Å². The molecule has 0 amide bonds. The quantitative estimate of drug-likeness (QED) is 0.639. The lowest BCUT2D eigenvalue weighted by Crippen LogP contribution is -2.36. The topological polar surface area (TPSA) is 105 Å². The van der Waals surface area contributed by atoms with Gasteiger partial charge in [-0.1, -0.05) is 0 Å². The first-order valence-corrected chi connectivity index (χ1v) is 5.84. The van der Waals surface area contributed by atoms with Crippen LogP contribution in [0.25, 0.3) is 0 Å². The van der Waals surface area contributed by atoms with E-state index in [4.69, 9.17) is 9.84 Å². The largest absolute Gasteiger partial charge is 0.394 e. The van der Waals surface area contributed by atoms with Crippen LogP contribution in [0.3, 0.4) is 0 Å². The van der Waals surface area contributed by atoms with Gasteiger partial charge in [-0.15, -0.1) is 0 Å². The highest BCUT2D eigenvalue weighted by Crippen LogP contribution is 2.30. The van der Waals surface area contributed by atoms with E-state index in [1.54, 1.807) is 0 Å². The number of hydrogen-bond donors (Lipinski definition) is 3. The molecule has 1 fully saturated rings. The summed E-state index contributed by atoms with van der Waals surface area (Å²) in [6, 6.07) is 0. The van der Waals surface area contributed by atoms with Gasteiger partial charge >= 0.3 is 5.69 Å². The predicted octanol–water partition coefficient (Wildman–Crippen LogP) is -1.11. The van der Waals surface area contributed by atoms with Crippen molar-refractivity contribution >= 4 is 15.9 Å². The van der Waals surface area contributed by atoms with Gasteiger partial charge in [0.2, 0.25) is 0 Å². The zero-order valence-corrected chi connectivity index (χ0v) is 10.5. The average Bonchev–Trinajstić information content (AvgIpc) is 2.61. The molecule has 9 heteroatoms. The smallest absolute Gasteiger partial charge is 0.330 e. The zero-order chi connectivity index (χ0) is 13.4. The highest BCUT2D eigenvalue weighted by Gasteiger charge is 2.45. The lowest BCUT2D eigenvalue weighted by atomic mass is 10.1. The summed E-state index contributed by atoms with van der Waals surface area (Å²) in [5.41, 5.74) is -1.51. The Morgan fingerprint density at radius 1 is 1.56 bits per heavy atom. The summed E-state index contributed by atoms with van der Waals surface area (Å²) in [6.07, 6.45) is -4.83. The minimum atomic E-state index is -1.88. The second-order valence-electron chi connectivity index (χ2n) is 3.83. The number of nitrogens with one attached hydrogen (secondary N) is 1. The first-order valence-electron chi connectivity index (χ1n) is 5.05.